The van der Waals surface area contributed by atoms with Crippen molar-refractivity contribution in [2.45, 2.75) is 199 Å². The molecule has 0 saturated carbocycles. The van der Waals surface area contributed by atoms with Gasteiger partial charge in [0.05, 0.1) is 39.9 Å². The minimum atomic E-state index is -4.63. The fourth-order valence-electron chi connectivity index (χ4n) is 6.53. The number of quaternary nitrogens is 1. The number of unbranched alkanes of at least 4 members (excludes halogenated alkanes) is 19. The molecular formula is C52H93N2O6P. The van der Waals surface area contributed by atoms with Crippen LogP contribution in [0.4, 0.5) is 0 Å². The van der Waals surface area contributed by atoms with E-state index in [0.29, 0.717) is 17.4 Å². The monoisotopic (exact) mass is 873 g/mol. The zero-order chi connectivity index (χ0) is 45.0. The Bertz CT molecular complexity index is 1260. The van der Waals surface area contributed by atoms with Crippen LogP contribution in [0.5, 0.6) is 0 Å². The number of hydrogen-bond acceptors (Lipinski definition) is 6. The Morgan fingerprint density at radius 2 is 1.02 bits per heavy atom. The number of hydrogen-bond donors (Lipinski definition) is 2. The van der Waals surface area contributed by atoms with E-state index in [0.717, 1.165) is 44.9 Å². The zero-order valence-electron chi connectivity index (χ0n) is 39.8. The van der Waals surface area contributed by atoms with Crippen LogP contribution in [0, 0.1) is 0 Å². The molecule has 1 amide bonds. The van der Waals surface area contributed by atoms with Crippen LogP contribution in [0.25, 0.3) is 0 Å². The maximum absolute atomic E-state index is 12.8. The van der Waals surface area contributed by atoms with Crippen LogP contribution in [0.1, 0.15) is 187 Å². The first-order chi connectivity index (χ1) is 29.5. The Morgan fingerprint density at radius 3 is 1.49 bits per heavy atom. The molecule has 0 aromatic rings. The van der Waals surface area contributed by atoms with Crippen molar-refractivity contribution < 1.29 is 32.9 Å². The SMILES string of the molecule is CC/C=C\C/C=C\C/C=C\C/C=C\C/C=C\CC(=O)NC(COP(=O)([O-])OCC[N+](C)(C)C)C(O)/C=C/CC/C=C/CCCCCCCCCCCCCCCCCCCC. The van der Waals surface area contributed by atoms with Crippen LogP contribution in [0.2, 0.25) is 0 Å². The Kier molecular flexibility index (Phi) is 41.3. The van der Waals surface area contributed by atoms with Gasteiger partial charge in [0.2, 0.25) is 5.91 Å². The van der Waals surface area contributed by atoms with Gasteiger partial charge in [0.1, 0.15) is 13.2 Å². The highest BCUT2D eigenvalue weighted by Gasteiger charge is 2.23. The lowest BCUT2D eigenvalue weighted by Crippen LogP contribution is -2.45. The van der Waals surface area contributed by atoms with Crippen LogP contribution >= 0.6 is 7.82 Å². The van der Waals surface area contributed by atoms with E-state index >= 15 is 0 Å². The number of carbonyl (C=O) groups is 1. The summed E-state index contributed by atoms with van der Waals surface area (Å²) in [6, 6.07) is -0.962. The van der Waals surface area contributed by atoms with Crippen molar-refractivity contribution >= 4 is 13.7 Å². The fourth-order valence-corrected chi connectivity index (χ4v) is 7.25. The number of allylic oxidation sites excluding steroid dienone is 12. The third-order valence-corrected chi connectivity index (χ3v) is 11.3. The predicted molar refractivity (Wildman–Crippen MR) is 260 cm³/mol. The molecule has 0 aromatic carbocycles. The third-order valence-electron chi connectivity index (χ3n) is 10.4. The van der Waals surface area contributed by atoms with Gasteiger partial charge < -0.3 is 28.8 Å². The number of aliphatic hydroxyl groups is 1. The average Bonchev–Trinajstić information content (AvgIpc) is 3.21. The van der Waals surface area contributed by atoms with Gasteiger partial charge in [-0.3, -0.25) is 9.36 Å². The van der Waals surface area contributed by atoms with Crippen molar-refractivity contribution in [2.24, 2.45) is 0 Å². The summed E-state index contributed by atoms with van der Waals surface area (Å²) in [5, 5.41) is 13.7. The van der Waals surface area contributed by atoms with E-state index in [4.69, 9.17) is 9.05 Å². The summed E-state index contributed by atoms with van der Waals surface area (Å²) in [7, 11) is 1.18. The molecule has 0 radical (unpaired) electrons. The molecular weight excluding hydrogens is 780 g/mol. The maximum atomic E-state index is 12.8. The number of aliphatic hydroxyl groups excluding tert-OH is 1. The predicted octanol–water partition coefficient (Wildman–Crippen LogP) is 13.5. The molecule has 0 aliphatic heterocycles. The van der Waals surface area contributed by atoms with Crippen LogP contribution in [0.3, 0.4) is 0 Å². The van der Waals surface area contributed by atoms with Gasteiger partial charge in [-0.15, -0.1) is 0 Å². The summed E-state index contributed by atoms with van der Waals surface area (Å²) < 4.78 is 23.2. The van der Waals surface area contributed by atoms with Crippen LogP contribution in [-0.2, 0) is 18.4 Å². The lowest BCUT2D eigenvalue weighted by Gasteiger charge is -2.29. The molecule has 61 heavy (non-hydrogen) atoms. The van der Waals surface area contributed by atoms with Gasteiger partial charge in [0.25, 0.3) is 7.82 Å². The second-order valence-corrected chi connectivity index (χ2v) is 18.9. The molecule has 352 valence electrons. The van der Waals surface area contributed by atoms with Gasteiger partial charge in [0.15, 0.2) is 0 Å². The summed E-state index contributed by atoms with van der Waals surface area (Å²) in [6.45, 7) is 4.43. The Hall–Kier alpha value is -2.32. The maximum Gasteiger partial charge on any atom is 0.268 e. The van der Waals surface area contributed by atoms with Crippen molar-refractivity contribution in [3.05, 3.63) is 85.1 Å². The average molecular weight is 873 g/mol. The second-order valence-electron chi connectivity index (χ2n) is 17.4. The summed E-state index contributed by atoms with van der Waals surface area (Å²) in [4.78, 5) is 25.3. The number of carbonyl (C=O) groups excluding carboxylic acids is 1. The standard InChI is InChI=1S/C52H93N2O6P/c1-6-8-10-12-14-16-18-20-22-23-24-25-26-27-28-29-30-32-33-35-37-39-41-43-45-51(55)50(49-60-61(57,58)59-48-47-54(3,4)5)53-52(56)46-44-42-40-38-36-34-31-21-19-17-15-13-11-9-7-2/h9,11,15,17,21,31,35-38,42-45,50-51,55H,6-8,10,12-14,16,18-20,22-30,32-34,39-41,46-49H2,1-5H3,(H-,53,56,57,58)/b11-9-,17-15-,31-21-,37-35+,38-36-,44-42-,45-43+. The highest BCUT2D eigenvalue weighted by Crippen LogP contribution is 2.38. The van der Waals surface area contributed by atoms with Gasteiger partial charge in [-0.05, 0) is 57.8 Å². The van der Waals surface area contributed by atoms with Crippen LogP contribution in [-0.4, -0.2) is 68.5 Å². The first kappa shape index (κ1) is 58.7. The number of likely N-dealkylation sites (N-methyl/N-ethyl adjacent to an activating group) is 1. The number of nitrogens with zero attached hydrogens (tertiary/aromatic N) is 1. The number of phosphoric ester groups is 1. The molecule has 9 heteroatoms. The van der Waals surface area contributed by atoms with Crippen LogP contribution in [0.15, 0.2) is 85.1 Å². The lowest BCUT2D eigenvalue weighted by atomic mass is 10.0. The smallest absolute Gasteiger partial charge is 0.268 e. The van der Waals surface area contributed by atoms with Crippen molar-refractivity contribution in [1.82, 2.24) is 5.32 Å². The molecule has 8 nitrogen and oxygen atoms in total. The largest absolute Gasteiger partial charge is 0.756 e. The fraction of sp³-hybridized carbons (Fsp3) is 0.712. The highest BCUT2D eigenvalue weighted by molar-refractivity contribution is 7.45. The molecule has 0 aliphatic rings. The number of phosphoric acid groups is 1. The molecule has 0 heterocycles. The normalized spacial score (nSPS) is 14.9. The van der Waals surface area contributed by atoms with E-state index in [2.05, 4.69) is 79.9 Å². The van der Waals surface area contributed by atoms with E-state index in [1.807, 2.05) is 33.3 Å². The van der Waals surface area contributed by atoms with Gasteiger partial charge in [-0.2, -0.15) is 0 Å². The van der Waals surface area contributed by atoms with E-state index < -0.39 is 26.6 Å². The molecule has 0 fully saturated rings. The third kappa shape index (κ3) is 45.5. The molecule has 0 aromatic heterocycles. The van der Waals surface area contributed by atoms with Gasteiger partial charge in [-0.1, -0.05) is 208 Å². The molecule has 2 N–H and O–H groups in total. The van der Waals surface area contributed by atoms with E-state index in [9.17, 15) is 19.4 Å². The number of amides is 1. The second kappa shape index (κ2) is 43.0. The number of rotatable bonds is 43. The van der Waals surface area contributed by atoms with E-state index in [-0.39, 0.29) is 18.9 Å². The van der Waals surface area contributed by atoms with E-state index in [1.165, 1.54) is 116 Å². The molecule has 0 aliphatic carbocycles. The summed E-state index contributed by atoms with van der Waals surface area (Å²) >= 11 is 0. The van der Waals surface area contributed by atoms with Crippen molar-refractivity contribution in [3.63, 3.8) is 0 Å². The zero-order valence-corrected chi connectivity index (χ0v) is 40.7. The lowest BCUT2D eigenvalue weighted by molar-refractivity contribution is -0.870. The summed E-state index contributed by atoms with van der Waals surface area (Å²) in [5.74, 6) is -0.336. The Morgan fingerprint density at radius 1 is 0.590 bits per heavy atom. The molecule has 0 saturated heterocycles. The molecule has 0 spiro atoms. The molecule has 3 unspecified atom stereocenters. The highest BCUT2D eigenvalue weighted by atomic mass is 31.2. The van der Waals surface area contributed by atoms with Crippen molar-refractivity contribution in [1.29, 1.82) is 0 Å². The Labute approximate surface area is 376 Å². The first-order valence-corrected chi connectivity index (χ1v) is 25.9. The van der Waals surface area contributed by atoms with Crippen molar-refractivity contribution in [2.75, 3.05) is 40.9 Å². The summed E-state index contributed by atoms with van der Waals surface area (Å²) in [6.07, 6.45) is 59.7. The minimum Gasteiger partial charge on any atom is -0.756 e. The van der Waals surface area contributed by atoms with Gasteiger partial charge in [0, 0.05) is 6.42 Å². The van der Waals surface area contributed by atoms with Crippen LogP contribution < -0.4 is 10.2 Å². The minimum absolute atomic E-state index is 0.0269. The molecule has 3 atom stereocenters. The quantitative estimate of drug-likeness (QED) is 0.0273. The topological polar surface area (TPSA) is 108 Å². The van der Waals surface area contributed by atoms with Gasteiger partial charge >= 0.3 is 0 Å². The summed E-state index contributed by atoms with van der Waals surface area (Å²) in [5.41, 5.74) is 0. The first-order valence-electron chi connectivity index (χ1n) is 24.4. The van der Waals surface area contributed by atoms with Gasteiger partial charge in [-0.25, -0.2) is 0 Å². The number of nitrogens with one attached hydrogen (secondary N) is 1. The molecule has 0 bridgehead atoms. The Balaban J connectivity index is 4.46. The van der Waals surface area contributed by atoms with E-state index in [1.54, 1.807) is 12.2 Å². The molecule has 0 rings (SSSR count). The van der Waals surface area contributed by atoms with Crippen molar-refractivity contribution in [3.8, 4) is 0 Å².